The van der Waals surface area contributed by atoms with Crippen LogP contribution in [0.15, 0.2) is 0 Å². The molecule has 8 heteroatoms. The van der Waals surface area contributed by atoms with Crippen LogP contribution in [0.3, 0.4) is 0 Å². The normalized spacial score (nSPS) is 11.2. The molecule has 0 saturated carbocycles. The Labute approximate surface area is 212 Å². The number of rotatable bonds is 19. The van der Waals surface area contributed by atoms with Crippen LogP contribution in [0, 0.1) is 5.92 Å². The molecule has 0 aliphatic carbocycles. The van der Waals surface area contributed by atoms with Crippen molar-refractivity contribution in [3.05, 3.63) is 0 Å². The Morgan fingerprint density at radius 3 is 1.46 bits per heavy atom. The van der Waals surface area contributed by atoms with Gasteiger partial charge in [0, 0.05) is 0 Å². The summed E-state index contributed by atoms with van der Waals surface area (Å²) in [5.41, 5.74) is 0. The Bertz CT molecular complexity index is 559. The van der Waals surface area contributed by atoms with Gasteiger partial charge in [-0.1, -0.05) is 66.7 Å². The molecule has 206 valence electrons. The Morgan fingerprint density at radius 2 is 1.00 bits per heavy atom. The highest BCUT2D eigenvalue weighted by Crippen LogP contribution is 2.04. The average molecular weight is 503 g/mol. The van der Waals surface area contributed by atoms with E-state index >= 15 is 0 Å². The van der Waals surface area contributed by atoms with Gasteiger partial charge in [0.15, 0.2) is 0 Å². The molecule has 0 rings (SSSR count). The minimum atomic E-state index is -0.329. The maximum atomic E-state index is 11.3. The third kappa shape index (κ3) is 28.0. The smallest absolute Gasteiger partial charge is 0.306 e. The van der Waals surface area contributed by atoms with Crippen molar-refractivity contribution in [1.82, 2.24) is 0 Å². The van der Waals surface area contributed by atoms with E-state index < -0.39 is 0 Å². The first-order valence-electron chi connectivity index (χ1n) is 13.3. The molecule has 0 saturated heterocycles. The van der Waals surface area contributed by atoms with Gasteiger partial charge in [0.2, 0.25) is 0 Å². The SMILES string of the molecule is CCCCCCOC(=O)CCC(=O)OCC(C)C.CCCCCOC(=O)CCC(=O)OC(C)CC. The van der Waals surface area contributed by atoms with Gasteiger partial charge in [-0.3, -0.25) is 19.2 Å². The van der Waals surface area contributed by atoms with Crippen LogP contribution in [-0.4, -0.2) is 49.8 Å². The second-order valence-electron chi connectivity index (χ2n) is 8.99. The van der Waals surface area contributed by atoms with E-state index in [2.05, 4.69) is 13.8 Å². The first-order chi connectivity index (χ1) is 16.7. The standard InChI is InChI=1S/C14H26O4.C13H24O4/c1-4-5-6-7-10-17-13(15)8-9-14(16)18-11-12(2)3;1-4-6-7-10-16-12(14)8-9-13(15)17-11(3)5-2/h12H,4-11H2,1-3H3;11H,4-10H2,1-3H3. The van der Waals surface area contributed by atoms with E-state index in [1.54, 1.807) is 0 Å². The van der Waals surface area contributed by atoms with Crippen molar-refractivity contribution in [3.8, 4) is 0 Å². The summed E-state index contributed by atoms with van der Waals surface area (Å²) in [5, 5.41) is 0. The van der Waals surface area contributed by atoms with Gasteiger partial charge in [-0.05, 0) is 32.1 Å². The molecular weight excluding hydrogens is 452 g/mol. The molecule has 0 aliphatic heterocycles. The van der Waals surface area contributed by atoms with Crippen LogP contribution < -0.4 is 0 Å². The summed E-state index contributed by atoms with van der Waals surface area (Å²) in [7, 11) is 0. The zero-order valence-electron chi connectivity index (χ0n) is 23.0. The van der Waals surface area contributed by atoms with E-state index in [4.69, 9.17) is 18.9 Å². The molecule has 0 heterocycles. The van der Waals surface area contributed by atoms with Crippen molar-refractivity contribution < 1.29 is 38.1 Å². The Kier molecular flexibility index (Phi) is 25.0. The topological polar surface area (TPSA) is 105 Å². The van der Waals surface area contributed by atoms with Crippen molar-refractivity contribution in [1.29, 1.82) is 0 Å². The molecule has 0 radical (unpaired) electrons. The maximum Gasteiger partial charge on any atom is 0.306 e. The molecule has 0 bridgehead atoms. The number of carbonyl (C=O) groups excluding carboxylic acids is 4. The summed E-state index contributed by atoms with van der Waals surface area (Å²) in [6, 6.07) is 0. The van der Waals surface area contributed by atoms with Gasteiger partial charge in [0.05, 0.1) is 51.6 Å². The van der Waals surface area contributed by atoms with E-state index in [1.165, 1.54) is 6.42 Å². The van der Waals surface area contributed by atoms with Crippen molar-refractivity contribution in [3.63, 3.8) is 0 Å². The third-order valence-electron chi connectivity index (χ3n) is 4.82. The van der Waals surface area contributed by atoms with E-state index in [1.807, 2.05) is 27.7 Å². The Hall–Kier alpha value is -2.12. The second kappa shape index (κ2) is 25.0. The molecular formula is C27H50O8. The summed E-state index contributed by atoms with van der Waals surface area (Å²) in [4.78, 5) is 45.0. The molecule has 0 aromatic heterocycles. The lowest BCUT2D eigenvalue weighted by Crippen LogP contribution is -2.15. The Morgan fingerprint density at radius 1 is 0.571 bits per heavy atom. The third-order valence-corrected chi connectivity index (χ3v) is 4.82. The number of hydrogen-bond donors (Lipinski definition) is 0. The highest BCUT2D eigenvalue weighted by molar-refractivity contribution is 5.78. The predicted octanol–water partition coefficient (Wildman–Crippen LogP) is 5.93. The van der Waals surface area contributed by atoms with Crippen molar-refractivity contribution in [2.75, 3.05) is 19.8 Å². The quantitative estimate of drug-likeness (QED) is 0.122. The Balaban J connectivity index is 0. The summed E-state index contributed by atoms with van der Waals surface area (Å²) in [6.07, 6.45) is 8.51. The van der Waals surface area contributed by atoms with E-state index in [0.29, 0.717) is 25.7 Å². The fraction of sp³-hybridized carbons (Fsp3) is 0.852. The number of esters is 4. The van der Waals surface area contributed by atoms with E-state index in [9.17, 15) is 19.2 Å². The molecule has 0 aliphatic rings. The predicted molar refractivity (Wildman–Crippen MR) is 136 cm³/mol. The minimum absolute atomic E-state index is 0.0805. The largest absolute Gasteiger partial charge is 0.466 e. The fourth-order valence-electron chi connectivity index (χ4n) is 2.50. The van der Waals surface area contributed by atoms with Gasteiger partial charge in [0.25, 0.3) is 0 Å². The summed E-state index contributed by atoms with van der Waals surface area (Å²) in [5.74, 6) is -0.967. The first kappa shape index (κ1) is 35.0. The lowest BCUT2D eigenvalue weighted by molar-refractivity contribution is -0.153. The molecule has 0 aromatic carbocycles. The van der Waals surface area contributed by atoms with Crippen molar-refractivity contribution in [2.24, 2.45) is 5.92 Å². The molecule has 1 atom stereocenters. The van der Waals surface area contributed by atoms with Crippen LogP contribution in [0.1, 0.15) is 119 Å². The molecule has 0 spiro atoms. The molecule has 0 N–H and O–H groups in total. The van der Waals surface area contributed by atoms with E-state index in [0.717, 1.165) is 44.9 Å². The minimum Gasteiger partial charge on any atom is -0.466 e. The highest BCUT2D eigenvalue weighted by atomic mass is 16.5. The maximum absolute atomic E-state index is 11.3. The van der Waals surface area contributed by atoms with Crippen molar-refractivity contribution >= 4 is 23.9 Å². The molecule has 0 amide bonds. The lowest BCUT2D eigenvalue weighted by atomic mass is 10.2. The summed E-state index contributed by atoms with van der Waals surface area (Å²) >= 11 is 0. The molecule has 1 unspecified atom stereocenters. The van der Waals surface area contributed by atoms with Crippen LogP contribution >= 0.6 is 0 Å². The fourth-order valence-corrected chi connectivity index (χ4v) is 2.50. The van der Waals surface area contributed by atoms with Gasteiger partial charge < -0.3 is 18.9 Å². The summed E-state index contributed by atoms with van der Waals surface area (Å²) in [6.45, 7) is 13.3. The van der Waals surface area contributed by atoms with Crippen LogP contribution in [0.25, 0.3) is 0 Å². The molecule has 8 nitrogen and oxygen atoms in total. The van der Waals surface area contributed by atoms with Crippen molar-refractivity contribution in [2.45, 2.75) is 125 Å². The monoisotopic (exact) mass is 502 g/mol. The zero-order valence-corrected chi connectivity index (χ0v) is 23.0. The zero-order chi connectivity index (χ0) is 26.9. The van der Waals surface area contributed by atoms with E-state index in [-0.39, 0.29) is 55.7 Å². The van der Waals surface area contributed by atoms with Crippen LogP contribution in [0.4, 0.5) is 0 Å². The number of unbranched alkanes of at least 4 members (excludes halogenated alkanes) is 5. The molecule has 0 fully saturated rings. The van der Waals surface area contributed by atoms with Crippen LogP contribution in [-0.2, 0) is 38.1 Å². The number of hydrogen-bond acceptors (Lipinski definition) is 8. The van der Waals surface area contributed by atoms with Gasteiger partial charge in [-0.25, -0.2) is 0 Å². The lowest BCUT2D eigenvalue weighted by Gasteiger charge is -2.10. The molecule has 0 aromatic rings. The van der Waals surface area contributed by atoms with Gasteiger partial charge in [-0.15, -0.1) is 0 Å². The molecule has 35 heavy (non-hydrogen) atoms. The number of carbonyl (C=O) groups is 4. The van der Waals surface area contributed by atoms with Gasteiger partial charge in [0.1, 0.15) is 0 Å². The average Bonchev–Trinajstić information content (AvgIpc) is 2.83. The van der Waals surface area contributed by atoms with Crippen LogP contribution in [0.2, 0.25) is 0 Å². The van der Waals surface area contributed by atoms with Crippen LogP contribution in [0.5, 0.6) is 0 Å². The van der Waals surface area contributed by atoms with Gasteiger partial charge in [-0.2, -0.15) is 0 Å². The second-order valence-corrected chi connectivity index (χ2v) is 8.99. The summed E-state index contributed by atoms with van der Waals surface area (Å²) < 4.78 is 20.0. The van der Waals surface area contributed by atoms with Gasteiger partial charge >= 0.3 is 23.9 Å². The first-order valence-corrected chi connectivity index (χ1v) is 13.3. The highest BCUT2D eigenvalue weighted by Gasteiger charge is 2.11. The number of ether oxygens (including phenoxy) is 4.